The number of ether oxygens (including phenoxy) is 1. The molecule has 27 heavy (non-hydrogen) atoms. The molecule has 4 nitrogen and oxygen atoms in total. The molecule has 0 saturated carbocycles. The molecule has 4 heterocycles. The number of anilines is 2. The predicted molar refractivity (Wildman–Crippen MR) is 107 cm³/mol. The van der Waals surface area contributed by atoms with Crippen molar-refractivity contribution in [1.82, 2.24) is 9.97 Å². The van der Waals surface area contributed by atoms with Gasteiger partial charge in [-0.05, 0) is 24.3 Å². The summed E-state index contributed by atoms with van der Waals surface area (Å²) in [5, 5.41) is 0.979. The van der Waals surface area contributed by atoms with Gasteiger partial charge in [-0.25, -0.2) is 4.98 Å². The average molecular weight is 369 g/mol. The fraction of sp³-hybridized carbons (Fsp3) is 0.0909. The van der Waals surface area contributed by atoms with E-state index in [4.69, 9.17) is 9.72 Å². The Labute approximate surface area is 160 Å². The Morgan fingerprint density at radius 1 is 0.963 bits per heavy atom. The van der Waals surface area contributed by atoms with Gasteiger partial charge in [-0.1, -0.05) is 36.4 Å². The predicted octanol–water partition coefficient (Wildman–Crippen LogP) is 5.55. The van der Waals surface area contributed by atoms with E-state index >= 15 is 0 Å². The van der Waals surface area contributed by atoms with Gasteiger partial charge in [0.05, 0.1) is 22.9 Å². The molecule has 4 aromatic rings. The molecular formula is C22H15N3OS. The van der Waals surface area contributed by atoms with Crippen molar-refractivity contribution in [3.8, 4) is 21.8 Å². The number of pyridine rings is 1. The van der Waals surface area contributed by atoms with E-state index < -0.39 is 0 Å². The first-order chi connectivity index (χ1) is 13.4. The van der Waals surface area contributed by atoms with Crippen molar-refractivity contribution in [2.24, 2.45) is 0 Å². The van der Waals surface area contributed by atoms with Crippen molar-refractivity contribution in [1.29, 1.82) is 0 Å². The van der Waals surface area contributed by atoms with Crippen molar-refractivity contribution < 1.29 is 4.74 Å². The van der Waals surface area contributed by atoms with Crippen molar-refractivity contribution in [3.63, 3.8) is 0 Å². The highest BCUT2D eigenvalue weighted by Gasteiger charge is 2.39. The van der Waals surface area contributed by atoms with E-state index in [1.54, 1.807) is 17.5 Å². The highest BCUT2D eigenvalue weighted by atomic mass is 32.1. The Hall–Kier alpha value is -3.02. The van der Waals surface area contributed by atoms with Gasteiger partial charge in [0.25, 0.3) is 0 Å². The van der Waals surface area contributed by atoms with E-state index in [1.807, 2.05) is 12.3 Å². The SMILES string of the molecule is c1cncc(-c2nc3c(s2)C2OCc4ccccc4N2c2ccccc2-3)c1. The van der Waals surface area contributed by atoms with E-state index in [0.29, 0.717) is 6.61 Å². The van der Waals surface area contributed by atoms with Gasteiger partial charge < -0.3 is 9.64 Å². The molecule has 1 unspecified atom stereocenters. The molecule has 0 fully saturated rings. The molecule has 2 aromatic carbocycles. The summed E-state index contributed by atoms with van der Waals surface area (Å²) in [4.78, 5) is 12.7. The molecule has 6 rings (SSSR count). The Bertz CT molecular complexity index is 1160. The first kappa shape index (κ1) is 15.1. The largest absolute Gasteiger partial charge is 0.348 e. The number of hydrogen-bond donors (Lipinski definition) is 0. The monoisotopic (exact) mass is 369 g/mol. The van der Waals surface area contributed by atoms with Gasteiger partial charge >= 0.3 is 0 Å². The minimum atomic E-state index is -0.146. The Balaban J connectivity index is 1.60. The van der Waals surface area contributed by atoms with Crippen molar-refractivity contribution in [2.45, 2.75) is 12.8 Å². The van der Waals surface area contributed by atoms with Crippen molar-refractivity contribution >= 4 is 22.7 Å². The van der Waals surface area contributed by atoms with Crippen LogP contribution in [0.1, 0.15) is 16.7 Å². The average Bonchev–Trinajstić information content (AvgIpc) is 3.20. The third kappa shape index (κ3) is 2.19. The Kier molecular flexibility index (Phi) is 3.21. The fourth-order valence-electron chi connectivity index (χ4n) is 3.88. The van der Waals surface area contributed by atoms with Crippen LogP contribution in [-0.2, 0) is 11.3 Å². The quantitative estimate of drug-likeness (QED) is 0.441. The lowest BCUT2D eigenvalue weighted by atomic mass is 9.99. The van der Waals surface area contributed by atoms with Crippen LogP contribution in [0.15, 0.2) is 73.1 Å². The summed E-state index contributed by atoms with van der Waals surface area (Å²) in [6.07, 6.45) is 3.51. The van der Waals surface area contributed by atoms with Crippen LogP contribution in [0.2, 0.25) is 0 Å². The molecule has 2 aliphatic rings. The van der Waals surface area contributed by atoms with E-state index in [-0.39, 0.29) is 6.23 Å². The minimum Gasteiger partial charge on any atom is -0.348 e. The van der Waals surface area contributed by atoms with Crippen LogP contribution in [0, 0.1) is 0 Å². The van der Waals surface area contributed by atoms with E-state index in [2.05, 4.69) is 64.5 Å². The van der Waals surface area contributed by atoms with Gasteiger partial charge in [0.2, 0.25) is 0 Å². The topological polar surface area (TPSA) is 38.3 Å². The smallest absolute Gasteiger partial charge is 0.172 e. The van der Waals surface area contributed by atoms with Crippen molar-refractivity contribution in [3.05, 3.63) is 83.5 Å². The summed E-state index contributed by atoms with van der Waals surface area (Å²) in [5.74, 6) is 0. The van der Waals surface area contributed by atoms with Crippen LogP contribution >= 0.6 is 11.3 Å². The zero-order valence-corrected chi connectivity index (χ0v) is 15.2. The van der Waals surface area contributed by atoms with Gasteiger partial charge in [-0.3, -0.25) is 4.98 Å². The molecule has 0 aliphatic carbocycles. The number of hydrogen-bond acceptors (Lipinski definition) is 5. The number of para-hydroxylation sites is 2. The molecule has 2 aliphatic heterocycles. The molecule has 0 spiro atoms. The summed E-state index contributed by atoms with van der Waals surface area (Å²) < 4.78 is 6.32. The highest BCUT2D eigenvalue weighted by Crippen LogP contribution is 2.53. The maximum atomic E-state index is 6.32. The van der Waals surface area contributed by atoms with Gasteiger partial charge in [0.15, 0.2) is 6.23 Å². The van der Waals surface area contributed by atoms with Crippen LogP contribution in [0.25, 0.3) is 21.8 Å². The van der Waals surface area contributed by atoms with E-state index in [9.17, 15) is 0 Å². The normalized spacial score (nSPS) is 16.9. The fourth-order valence-corrected chi connectivity index (χ4v) is 4.99. The van der Waals surface area contributed by atoms with Crippen LogP contribution < -0.4 is 4.90 Å². The third-order valence-electron chi connectivity index (χ3n) is 5.09. The molecule has 0 bridgehead atoms. The lowest BCUT2D eigenvalue weighted by Gasteiger charge is -2.41. The van der Waals surface area contributed by atoms with Gasteiger partial charge in [0, 0.05) is 34.8 Å². The summed E-state index contributed by atoms with van der Waals surface area (Å²) in [7, 11) is 0. The lowest BCUT2D eigenvalue weighted by molar-refractivity contribution is 0.0362. The number of thiazole rings is 1. The summed E-state index contributed by atoms with van der Waals surface area (Å²) in [6, 6.07) is 20.9. The molecule has 0 amide bonds. The van der Waals surface area contributed by atoms with Crippen molar-refractivity contribution in [2.75, 3.05) is 4.90 Å². The second-order valence-corrected chi connectivity index (χ2v) is 7.68. The number of benzene rings is 2. The highest BCUT2D eigenvalue weighted by molar-refractivity contribution is 7.15. The molecule has 0 saturated heterocycles. The van der Waals surface area contributed by atoms with Crippen LogP contribution in [-0.4, -0.2) is 9.97 Å². The van der Waals surface area contributed by atoms with Gasteiger partial charge in [0.1, 0.15) is 5.01 Å². The maximum absolute atomic E-state index is 6.32. The summed E-state index contributed by atoms with van der Waals surface area (Å²) in [5.41, 5.74) is 6.78. The maximum Gasteiger partial charge on any atom is 0.172 e. The molecule has 0 N–H and O–H groups in total. The second kappa shape index (κ2) is 5.74. The zero-order chi connectivity index (χ0) is 17.8. The standard InChI is InChI=1S/C22H15N3OS/c1-3-9-17-15(6-1)13-26-22-20-19(16-8-2-4-10-18(16)25(17)22)24-21(27-20)14-7-5-11-23-12-14/h1-12,22H,13H2. The Morgan fingerprint density at radius 3 is 2.70 bits per heavy atom. The number of nitrogens with zero attached hydrogens (tertiary/aromatic N) is 3. The van der Waals surface area contributed by atoms with Crippen LogP contribution in [0.5, 0.6) is 0 Å². The molecule has 5 heteroatoms. The van der Waals surface area contributed by atoms with E-state index in [0.717, 1.165) is 32.4 Å². The lowest BCUT2D eigenvalue weighted by Crippen LogP contribution is -2.33. The number of aromatic nitrogens is 2. The number of fused-ring (bicyclic) bond motifs is 8. The first-order valence-corrected chi connectivity index (χ1v) is 9.71. The van der Waals surface area contributed by atoms with Crippen LogP contribution in [0.3, 0.4) is 0 Å². The molecule has 2 aromatic heterocycles. The van der Waals surface area contributed by atoms with E-state index in [1.165, 1.54) is 11.3 Å². The Morgan fingerprint density at radius 2 is 1.81 bits per heavy atom. The minimum absolute atomic E-state index is 0.146. The van der Waals surface area contributed by atoms with Gasteiger partial charge in [-0.2, -0.15) is 0 Å². The molecule has 0 radical (unpaired) electrons. The molecular weight excluding hydrogens is 354 g/mol. The first-order valence-electron chi connectivity index (χ1n) is 8.89. The number of rotatable bonds is 1. The van der Waals surface area contributed by atoms with Crippen LogP contribution in [0.4, 0.5) is 11.4 Å². The summed E-state index contributed by atoms with van der Waals surface area (Å²) in [6.45, 7) is 0.610. The zero-order valence-electron chi connectivity index (χ0n) is 14.4. The molecule has 1 atom stereocenters. The summed E-state index contributed by atoms with van der Waals surface area (Å²) >= 11 is 1.69. The third-order valence-corrected chi connectivity index (χ3v) is 6.22. The second-order valence-electron chi connectivity index (χ2n) is 6.65. The van der Waals surface area contributed by atoms with Gasteiger partial charge in [-0.15, -0.1) is 11.3 Å². The molecule has 130 valence electrons.